The average molecular weight is 470 g/mol. The van der Waals surface area contributed by atoms with E-state index in [9.17, 15) is 13.2 Å². The highest BCUT2D eigenvalue weighted by Crippen LogP contribution is 2.23. The van der Waals surface area contributed by atoms with Crippen LogP contribution >= 0.6 is 27.3 Å². The van der Waals surface area contributed by atoms with Gasteiger partial charge in [0.25, 0.3) is 0 Å². The summed E-state index contributed by atoms with van der Waals surface area (Å²) in [5.74, 6) is -0.311. The Morgan fingerprint density at radius 1 is 1.19 bits per heavy atom. The number of amides is 1. The summed E-state index contributed by atoms with van der Waals surface area (Å²) in [7, 11) is -1.59. The number of carbonyl (C=O) groups is 1. The Labute approximate surface area is 171 Å². The number of nitrogens with zero attached hydrogens (tertiary/aromatic N) is 2. The highest BCUT2D eigenvalue weighted by Gasteiger charge is 2.27. The van der Waals surface area contributed by atoms with Crippen molar-refractivity contribution in [2.45, 2.75) is 4.90 Å². The van der Waals surface area contributed by atoms with Crippen molar-refractivity contribution in [3.8, 4) is 0 Å². The maximum Gasteiger partial charge on any atom is 0.248 e. The molecule has 1 saturated heterocycles. The van der Waals surface area contributed by atoms with E-state index in [1.54, 1.807) is 24.3 Å². The summed E-state index contributed by atoms with van der Waals surface area (Å²) >= 11 is 4.90. The standard InChI is InChI=1S/C18H20BrN3O3S2/c1-21-9-11-22(12-10-21)27(24,25)16-4-2-3-14(13-16)20-18(23)8-6-15-5-7-17(19)26-15/h2-8,13H,9-12H2,1H3,(H,20,23). The minimum Gasteiger partial charge on any atom is -0.322 e. The minimum absolute atomic E-state index is 0.191. The zero-order valence-electron chi connectivity index (χ0n) is 14.8. The summed E-state index contributed by atoms with van der Waals surface area (Å²) < 4.78 is 28.1. The second kappa shape index (κ2) is 8.66. The molecule has 2 heterocycles. The molecular weight excluding hydrogens is 450 g/mol. The number of rotatable bonds is 5. The van der Waals surface area contributed by atoms with Gasteiger partial charge in [0, 0.05) is 42.8 Å². The number of carbonyl (C=O) groups excluding carboxylic acids is 1. The molecule has 0 saturated carbocycles. The van der Waals surface area contributed by atoms with Crippen LogP contribution in [0.5, 0.6) is 0 Å². The first-order valence-corrected chi connectivity index (χ1v) is 11.4. The Hall–Kier alpha value is -1.52. The SMILES string of the molecule is CN1CCN(S(=O)(=O)c2cccc(NC(=O)C=Cc3ccc(Br)s3)c2)CC1. The summed E-state index contributed by atoms with van der Waals surface area (Å²) in [6.45, 7) is 2.35. The van der Waals surface area contributed by atoms with Crippen molar-refractivity contribution in [1.82, 2.24) is 9.21 Å². The largest absolute Gasteiger partial charge is 0.322 e. The van der Waals surface area contributed by atoms with E-state index in [1.807, 2.05) is 19.2 Å². The quantitative estimate of drug-likeness (QED) is 0.682. The van der Waals surface area contributed by atoms with Crippen LogP contribution in [0.1, 0.15) is 4.88 Å². The number of piperazine rings is 1. The van der Waals surface area contributed by atoms with Crippen LogP contribution < -0.4 is 5.32 Å². The van der Waals surface area contributed by atoms with E-state index in [-0.39, 0.29) is 10.8 Å². The lowest BCUT2D eigenvalue weighted by Crippen LogP contribution is -2.47. The van der Waals surface area contributed by atoms with E-state index >= 15 is 0 Å². The third kappa shape index (κ3) is 5.26. The van der Waals surface area contributed by atoms with E-state index in [0.29, 0.717) is 31.9 Å². The van der Waals surface area contributed by atoms with Crippen molar-refractivity contribution >= 4 is 55.0 Å². The fraction of sp³-hybridized carbons (Fsp3) is 0.278. The predicted octanol–water partition coefficient (Wildman–Crippen LogP) is 3.10. The number of sulfonamides is 1. The number of hydrogen-bond donors (Lipinski definition) is 1. The number of benzene rings is 1. The van der Waals surface area contributed by atoms with Crippen molar-refractivity contribution in [3.05, 3.63) is 51.1 Å². The van der Waals surface area contributed by atoms with E-state index in [0.717, 1.165) is 8.66 Å². The molecule has 1 aromatic carbocycles. The predicted molar refractivity (Wildman–Crippen MR) is 112 cm³/mol. The number of likely N-dealkylation sites (N-methyl/N-ethyl adjacent to an activating group) is 1. The molecule has 0 atom stereocenters. The lowest BCUT2D eigenvalue weighted by atomic mass is 10.3. The summed E-state index contributed by atoms with van der Waals surface area (Å²) in [6.07, 6.45) is 3.15. The molecule has 0 radical (unpaired) electrons. The molecule has 1 aliphatic rings. The van der Waals surface area contributed by atoms with Crippen LogP contribution in [0, 0.1) is 0 Å². The Kier molecular flexibility index (Phi) is 6.48. The summed E-state index contributed by atoms with van der Waals surface area (Å²) in [5, 5.41) is 2.72. The fourth-order valence-corrected chi connectivity index (χ4v) is 5.47. The van der Waals surface area contributed by atoms with Crippen LogP contribution in [-0.2, 0) is 14.8 Å². The molecule has 9 heteroatoms. The van der Waals surface area contributed by atoms with Crippen LogP contribution in [0.2, 0.25) is 0 Å². The van der Waals surface area contributed by atoms with Crippen molar-refractivity contribution in [3.63, 3.8) is 0 Å². The molecule has 6 nitrogen and oxygen atoms in total. The molecule has 0 bridgehead atoms. The smallest absolute Gasteiger partial charge is 0.248 e. The molecule has 1 aromatic heterocycles. The second-order valence-corrected chi connectivity index (χ2v) is 10.6. The third-order valence-corrected chi connectivity index (χ3v) is 7.68. The van der Waals surface area contributed by atoms with Gasteiger partial charge in [-0.2, -0.15) is 4.31 Å². The lowest BCUT2D eigenvalue weighted by molar-refractivity contribution is -0.111. The van der Waals surface area contributed by atoms with Gasteiger partial charge >= 0.3 is 0 Å². The fourth-order valence-electron chi connectivity index (χ4n) is 2.67. The first kappa shape index (κ1) is 20.2. The molecule has 27 heavy (non-hydrogen) atoms. The van der Waals surface area contributed by atoms with Crippen LogP contribution in [0.25, 0.3) is 6.08 Å². The molecule has 1 N–H and O–H groups in total. The number of thiophene rings is 1. The first-order valence-electron chi connectivity index (χ1n) is 8.38. The van der Waals surface area contributed by atoms with Crippen LogP contribution in [-0.4, -0.2) is 56.8 Å². The molecular formula is C18H20BrN3O3S2. The van der Waals surface area contributed by atoms with Gasteiger partial charge in [-0.25, -0.2) is 8.42 Å². The van der Waals surface area contributed by atoms with Gasteiger partial charge in [0.2, 0.25) is 15.9 Å². The number of halogens is 1. The van der Waals surface area contributed by atoms with Crippen LogP contribution in [0.3, 0.4) is 0 Å². The highest BCUT2D eigenvalue weighted by molar-refractivity contribution is 9.11. The molecule has 1 fully saturated rings. The van der Waals surface area contributed by atoms with Gasteiger partial charge in [-0.1, -0.05) is 6.07 Å². The summed E-state index contributed by atoms with van der Waals surface area (Å²) in [5.41, 5.74) is 0.451. The van der Waals surface area contributed by atoms with Gasteiger partial charge in [0.15, 0.2) is 0 Å². The normalized spacial score (nSPS) is 16.7. The van der Waals surface area contributed by atoms with Gasteiger partial charge in [-0.05, 0) is 59.4 Å². The summed E-state index contributed by atoms with van der Waals surface area (Å²) in [6, 6.07) is 10.2. The molecule has 3 rings (SSSR count). The molecule has 144 valence electrons. The summed E-state index contributed by atoms with van der Waals surface area (Å²) in [4.78, 5) is 15.4. The van der Waals surface area contributed by atoms with Gasteiger partial charge in [0.1, 0.15) is 0 Å². The Morgan fingerprint density at radius 3 is 2.59 bits per heavy atom. The van der Waals surface area contributed by atoms with Gasteiger partial charge < -0.3 is 10.2 Å². The van der Waals surface area contributed by atoms with Gasteiger partial charge in [-0.15, -0.1) is 11.3 Å². The molecule has 1 amide bonds. The first-order chi connectivity index (χ1) is 12.8. The zero-order valence-corrected chi connectivity index (χ0v) is 18.0. The Bertz CT molecular complexity index is 948. The van der Waals surface area contributed by atoms with E-state index in [4.69, 9.17) is 0 Å². The maximum atomic E-state index is 12.8. The van der Waals surface area contributed by atoms with Gasteiger partial charge in [0.05, 0.1) is 8.68 Å². The average Bonchev–Trinajstić information content (AvgIpc) is 3.06. The Balaban J connectivity index is 1.69. The number of hydrogen-bond acceptors (Lipinski definition) is 5. The van der Waals surface area contributed by atoms with Gasteiger partial charge in [-0.3, -0.25) is 4.79 Å². The van der Waals surface area contributed by atoms with Crippen LogP contribution in [0.4, 0.5) is 5.69 Å². The molecule has 0 spiro atoms. The second-order valence-electron chi connectivity index (χ2n) is 6.20. The van der Waals surface area contributed by atoms with E-state index in [1.165, 1.54) is 27.8 Å². The number of anilines is 1. The Morgan fingerprint density at radius 2 is 1.93 bits per heavy atom. The van der Waals surface area contributed by atoms with Crippen molar-refractivity contribution in [1.29, 1.82) is 0 Å². The molecule has 0 aliphatic carbocycles. The third-order valence-electron chi connectivity index (χ3n) is 4.19. The van der Waals surface area contributed by atoms with Crippen molar-refractivity contribution in [2.75, 3.05) is 38.5 Å². The highest BCUT2D eigenvalue weighted by atomic mass is 79.9. The molecule has 2 aromatic rings. The number of nitrogens with one attached hydrogen (secondary N) is 1. The topological polar surface area (TPSA) is 69.7 Å². The van der Waals surface area contributed by atoms with Crippen molar-refractivity contribution < 1.29 is 13.2 Å². The minimum atomic E-state index is -3.56. The van der Waals surface area contributed by atoms with E-state index in [2.05, 4.69) is 26.1 Å². The molecule has 1 aliphatic heterocycles. The maximum absolute atomic E-state index is 12.8. The van der Waals surface area contributed by atoms with E-state index < -0.39 is 10.0 Å². The van der Waals surface area contributed by atoms with Crippen LogP contribution in [0.15, 0.2) is 51.2 Å². The zero-order chi connectivity index (χ0) is 19.4. The lowest BCUT2D eigenvalue weighted by Gasteiger charge is -2.31. The monoisotopic (exact) mass is 469 g/mol. The van der Waals surface area contributed by atoms with Crippen molar-refractivity contribution in [2.24, 2.45) is 0 Å². The molecule has 0 unspecified atom stereocenters.